The minimum atomic E-state index is -2.06. The summed E-state index contributed by atoms with van der Waals surface area (Å²) in [5.41, 5.74) is 0. The fourth-order valence-electron chi connectivity index (χ4n) is 0.0422. The first-order valence-corrected chi connectivity index (χ1v) is 3.05. The summed E-state index contributed by atoms with van der Waals surface area (Å²) in [6.45, 7) is 0. The van der Waals surface area contributed by atoms with Crippen LogP contribution in [-0.2, 0) is 19.1 Å². The molecule has 0 atom stereocenters. The molecule has 0 saturated heterocycles. The average molecular weight is 355 g/mol. The minimum absolute atomic E-state index is 0. The van der Waals surface area contributed by atoms with Gasteiger partial charge in [-0.05, 0) is 0 Å². The van der Waals surface area contributed by atoms with E-state index >= 15 is 0 Å². The summed E-state index contributed by atoms with van der Waals surface area (Å²) >= 11 is -2.06. The van der Waals surface area contributed by atoms with E-state index in [-0.39, 0.29) is 24.6 Å². The Morgan fingerprint density at radius 1 is 0.818 bits per heavy atom. The summed E-state index contributed by atoms with van der Waals surface area (Å²) in [5.74, 6) is 0. The van der Waals surface area contributed by atoms with Gasteiger partial charge < -0.3 is 24.6 Å². The van der Waals surface area contributed by atoms with Crippen LogP contribution in [0.2, 0.25) is 0 Å². The van der Waals surface area contributed by atoms with E-state index in [4.69, 9.17) is 0 Å². The number of hydrogen-bond acceptors (Lipinski definition) is 8. The molecule has 11 heavy (non-hydrogen) atoms. The van der Waals surface area contributed by atoms with E-state index in [1.165, 1.54) is 0 Å². The molecule has 0 aromatic carbocycles. The topological polar surface area (TPSA) is 226 Å². The number of rotatable bonds is 2. The van der Waals surface area contributed by atoms with Crippen molar-refractivity contribution < 1.29 is 26.0 Å². The van der Waals surface area contributed by atoms with Crippen molar-refractivity contribution in [2.24, 2.45) is 0 Å². The molecule has 0 aliphatic carbocycles. The summed E-state index contributed by atoms with van der Waals surface area (Å²) < 4.78 is -1.78. The van der Waals surface area contributed by atoms with Crippen molar-refractivity contribution in [3.05, 3.63) is 20.2 Å². The van der Waals surface area contributed by atoms with E-state index in [0.29, 0.717) is 0 Å². The molecule has 0 bridgehead atoms. The van der Waals surface area contributed by atoms with Crippen LogP contribution in [0.25, 0.3) is 0 Å². The van der Waals surface area contributed by atoms with E-state index in [1.807, 2.05) is 0 Å². The zero-order valence-corrected chi connectivity index (χ0v) is 7.94. The molecule has 0 aromatic heterocycles. The third kappa shape index (κ3) is 45.2. The summed E-state index contributed by atoms with van der Waals surface area (Å²) in [4.78, 5) is 18.4. The van der Waals surface area contributed by atoms with Gasteiger partial charge in [0.2, 0.25) is 0 Å². The Labute approximate surface area is 71.5 Å². The van der Waals surface area contributed by atoms with E-state index in [0.717, 1.165) is 0 Å². The number of nitrogens with zero attached hydrogens (tertiary/aromatic N) is 2. The predicted octanol–water partition coefficient (Wildman–Crippen LogP) is 0.100. The second-order valence-corrected chi connectivity index (χ2v) is 2.56. The van der Waals surface area contributed by atoms with Gasteiger partial charge in [-0.15, -0.1) is 0 Å². The Kier molecular flexibility index (Phi) is 46.5. The summed E-state index contributed by atoms with van der Waals surface area (Å²) in [6, 6.07) is 0. The molecule has 0 spiro atoms. The molecule has 76 valence electrons. The quantitative estimate of drug-likeness (QED) is 0.391. The summed E-state index contributed by atoms with van der Waals surface area (Å²) in [7, 11) is 0. The molecule has 10 nitrogen and oxygen atoms in total. The maximum absolute atomic E-state index is 9.22. The SMILES string of the molecule is N.N.N.N.O=[N+]([O-])[Pt][N+](=O)[O-]. The fourth-order valence-corrected chi connectivity index (χ4v) is 0.345. The molecule has 0 heterocycles. The Hall–Kier alpha value is -0.672. The van der Waals surface area contributed by atoms with Crippen LogP contribution >= 0.6 is 0 Å². The Morgan fingerprint density at radius 2 is 1.00 bits per heavy atom. The van der Waals surface area contributed by atoms with Crippen LogP contribution in [0.15, 0.2) is 0 Å². The van der Waals surface area contributed by atoms with E-state index < -0.39 is 26.0 Å². The third-order valence-electron chi connectivity index (χ3n) is 0.103. The van der Waals surface area contributed by atoms with Gasteiger partial charge in [-0.2, -0.15) is 0 Å². The molecule has 0 radical (unpaired) electrons. The molecule has 0 saturated carbocycles. The third-order valence-corrected chi connectivity index (χ3v) is 0.845. The summed E-state index contributed by atoms with van der Waals surface area (Å²) in [5, 5.41) is 18.4. The number of hydrogen-bond donors (Lipinski definition) is 4. The second-order valence-electron chi connectivity index (χ2n) is 0.443. The first-order chi connectivity index (χ1) is 3.13. The zero-order valence-electron chi connectivity index (χ0n) is 5.67. The van der Waals surface area contributed by atoms with E-state index in [2.05, 4.69) is 0 Å². The first kappa shape index (κ1) is 31.7. The van der Waals surface area contributed by atoms with Crippen LogP contribution in [0.1, 0.15) is 0 Å². The molecule has 0 fully saturated rings. The van der Waals surface area contributed by atoms with Crippen molar-refractivity contribution >= 4 is 0 Å². The molecule has 0 aliphatic rings. The van der Waals surface area contributed by atoms with Gasteiger partial charge in [0.1, 0.15) is 0 Å². The van der Waals surface area contributed by atoms with Crippen LogP contribution < -0.4 is 24.6 Å². The van der Waals surface area contributed by atoms with Crippen LogP contribution in [-0.4, -0.2) is 6.96 Å². The van der Waals surface area contributed by atoms with Gasteiger partial charge in [0.15, 0.2) is 0 Å². The van der Waals surface area contributed by atoms with Crippen molar-refractivity contribution in [1.29, 1.82) is 0 Å². The fraction of sp³-hybridized carbons (Fsp3) is 0. The predicted molar refractivity (Wildman–Crippen MR) is 34.1 cm³/mol. The van der Waals surface area contributed by atoms with Gasteiger partial charge in [-0.25, -0.2) is 0 Å². The normalized spacial score (nSPS) is 5.45. The van der Waals surface area contributed by atoms with E-state index in [1.54, 1.807) is 0 Å². The first-order valence-electron chi connectivity index (χ1n) is 1.01. The number of nitro groups is 2. The van der Waals surface area contributed by atoms with Crippen LogP contribution in [0.4, 0.5) is 0 Å². The second kappa shape index (κ2) is 16.2. The molecule has 0 aliphatic heterocycles. The maximum atomic E-state index is 9.22. The van der Waals surface area contributed by atoms with Crippen LogP contribution in [0.3, 0.4) is 0 Å². The van der Waals surface area contributed by atoms with Crippen LogP contribution in [0, 0.1) is 20.2 Å². The molecule has 12 N–H and O–H groups in total. The van der Waals surface area contributed by atoms with Gasteiger partial charge in [0.25, 0.3) is 0 Å². The van der Waals surface area contributed by atoms with Crippen molar-refractivity contribution in [3.8, 4) is 0 Å². The molecule has 11 heteroatoms. The molecule has 0 rings (SSSR count). The van der Waals surface area contributed by atoms with Crippen molar-refractivity contribution in [1.82, 2.24) is 24.6 Å². The van der Waals surface area contributed by atoms with E-state index in [9.17, 15) is 20.2 Å². The van der Waals surface area contributed by atoms with Crippen molar-refractivity contribution in [2.45, 2.75) is 0 Å². The molecular weight excluding hydrogens is 343 g/mol. The molecule has 0 aromatic rings. The van der Waals surface area contributed by atoms with Crippen LogP contribution in [0.5, 0.6) is 0 Å². The standard InChI is InChI=1S/2NO2.4H3N.Pt/c2*2-1-3;;;;;/h;;4*1H3;. The van der Waals surface area contributed by atoms with Gasteiger partial charge in [-0.1, -0.05) is 0 Å². The Bertz CT molecular complexity index is 90.8. The van der Waals surface area contributed by atoms with Crippen molar-refractivity contribution in [3.63, 3.8) is 0 Å². The molecule has 0 amide bonds. The monoisotopic (exact) mass is 355 g/mol. The average Bonchev–Trinajstić information content (AvgIpc) is 1.27. The van der Waals surface area contributed by atoms with Gasteiger partial charge in [0, 0.05) is 0 Å². The molecule has 0 unspecified atom stereocenters. The molecular formula is H12N6O4Pt. The van der Waals surface area contributed by atoms with Gasteiger partial charge >= 0.3 is 46.3 Å². The zero-order chi connectivity index (χ0) is 5.86. The Morgan fingerprint density at radius 3 is 1.00 bits per heavy atom. The summed E-state index contributed by atoms with van der Waals surface area (Å²) in [6.07, 6.45) is 0. The van der Waals surface area contributed by atoms with Gasteiger partial charge in [-0.3, -0.25) is 0 Å². The van der Waals surface area contributed by atoms with Gasteiger partial charge in [0.05, 0.1) is 0 Å². The Balaban J connectivity index is -0.0000000300. The van der Waals surface area contributed by atoms with Crippen molar-refractivity contribution in [2.75, 3.05) is 0 Å².